The zero-order chi connectivity index (χ0) is 17.8. The Hall–Kier alpha value is -2.61. The van der Waals surface area contributed by atoms with Crippen LogP contribution in [0.2, 0.25) is 0 Å². The Morgan fingerprint density at radius 3 is 2.83 bits per heavy atom. The zero-order valence-electron chi connectivity index (χ0n) is 13.9. The number of carbonyl (C=O) groups is 2. The van der Waals surface area contributed by atoms with E-state index in [9.17, 15) is 14.7 Å². The van der Waals surface area contributed by atoms with E-state index in [1.165, 1.54) is 12.3 Å². The van der Waals surface area contributed by atoms with Crippen LogP contribution in [0.15, 0.2) is 23.3 Å². The van der Waals surface area contributed by atoms with Gasteiger partial charge in [0.2, 0.25) is 11.8 Å². The van der Waals surface area contributed by atoms with E-state index in [1.54, 1.807) is 26.2 Å². The Balaban J connectivity index is 2.39. The third kappa shape index (κ3) is 7.59. The summed E-state index contributed by atoms with van der Waals surface area (Å²) in [6.45, 7) is 3.23. The third-order valence-electron chi connectivity index (χ3n) is 2.86. The highest BCUT2D eigenvalue weighted by molar-refractivity contribution is 5.97. The molecule has 2 amide bonds. The number of nitrogens with one attached hydrogen (secondary N) is 2. The van der Waals surface area contributed by atoms with Crippen LogP contribution in [0.1, 0.15) is 25.3 Å². The molecule has 0 atom stereocenters. The second-order valence-corrected chi connectivity index (χ2v) is 4.83. The van der Waals surface area contributed by atoms with Crippen molar-refractivity contribution in [3.63, 3.8) is 0 Å². The topological polar surface area (TPSA) is 109 Å². The van der Waals surface area contributed by atoms with Crippen LogP contribution < -0.4 is 15.5 Å². The van der Waals surface area contributed by atoms with Crippen molar-refractivity contribution in [3.8, 4) is 11.5 Å². The summed E-state index contributed by atoms with van der Waals surface area (Å²) >= 11 is 0. The van der Waals surface area contributed by atoms with Gasteiger partial charge in [-0.15, -0.1) is 0 Å². The zero-order valence-corrected chi connectivity index (χ0v) is 13.9. The Morgan fingerprint density at radius 2 is 2.12 bits per heavy atom. The second-order valence-electron chi connectivity index (χ2n) is 4.83. The number of methoxy groups -OCH3 is 1. The molecule has 0 aliphatic rings. The van der Waals surface area contributed by atoms with Gasteiger partial charge >= 0.3 is 0 Å². The van der Waals surface area contributed by atoms with Crippen molar-refractivity contribution < 1.29 is 24.2 Å². The van der Waals surface area contributed by atoms with Crippen LogP contribution in [0, 0.1) is 0 Å². The number of benzene rings is 1. The van der Waals surface area contributed by atoms with Gasteiger partial charge in [0.05, 0.1) is 12.8 Å². The standard InChI is InChI=1S/C16H23N3O5/c1-3-24-14-9-12(5-6-13(14)20)11-18-19-16(22)10-15(21)17-7-4-8-23-2/h5-6,9,11,20H,3-4,7-8,10H2,1-2H3,(H,17,21)(H,19,22)/b18-11-. The lowest BCUT2D eigenvalue weighted by atomic mass is 10.2. The van der Waals surface area contributed by atoms with Crippen LogP contribution in [0.25, 0.3) is 0 Å². The lowest BCUT2D eigenvalue weighted by molar-refractivity contribution is -0.129. The van der Waals surface area contributed by atoms with E-state index >= 15 is 0 Å². The first-order chi connectivity index (χ1) is 11.6. The van der Waals surface area contributed by atoms with Crippen LogP contribution in [0.4, 0.5) is 0 Å². The van der Waals surface area contributed by atoms with Crippen LogP contribution in [0.3, 0.4) is 0 Å². The molecule has 0 aliphatic heterocycles. The fourth-order valence-corrected chi connectivity index (χ4v) is 1.75. The van der Waals surface area contributed by atoms with Crippen LogP contribution >= 0.6 is 0 Å². The summed E-state index contributed by atoms with van der Waals surface area (Å²) in [4.78, 5) is 23.1. The summed E-state index contributed by atoms with van der Waals surface area (Å²) in [6, 6.07) is 4.69. The second kappa shape index (κ2) is 11.0. The number of phenols is 1. The predicted octanol–water partition coefficient (Wildman–Crippen LogP) is 0.784. The Bertz CT molecular complexity index is 575. The molecule has 0 saturated heterocycles. The van der Waals surface area contributed by atoms with E-state index in [0.29, 0.717) is 37.5 Å². The molecule has 0 bridgehead atoms. The number of carbonyl (C=O) groups excluding carboxylic acids is 2. The smallest absolute Gasteiger partial charge is 0.249 e. The molecule has 132 valence electrons. The summed E-state index contributed by atoms with van der Waals surface area (Å²) in [6.07, 6.45) is 1.78. The lowest BCUT2D eigenvalue weighted by Gasteiger charge is -2.06. The maximum Gasteiger partial charge on any atom is 0.249 e. The van der Waals surface area contributed by atoms with Crippen LogP contribution in [0.5, 0.6) is 11.5 Å². The van der Waals surface area contributed by atoms with E-state index in [1.807, 2.05) is 0 Å². The largest absolute Gasteiger partial charge is 0.504 e. The van der Waals surface area contributed by atoms with Crippen molar-refractivity contribution in [2.75, 3.05) is 26.9 Å². The molecular weight excluding hydrogens is 314 g/mol. The predicted molar refractivity (Wildman–Crippen MR) is 89.1 cm³/mol. The maximum absolute atomic E-state index is 11.6. The molecule has 0 aliphatic carbocycles. The molecular formula is C16H23N3O5. The van der Waals surface area contributed by atoms with E-state index in [0.717, 1.165) is 0 Å². The number of aromatic hydroxyl groups is 1. The van der Waals surface area contributed by atoms with Crippen molar-refractivity contribution in [3.05, 3.63) is 23.8 Å². The molecule has 3 N–H and O–H groups in total. The minimum atomic E-state index is -0.515. The first-order valence-electron chi connectivity index (χ1n) is 7.60. The van der Waals surface area contributed by atoms with Crippen molar-refractivity contribution in [2.24, 2.45) is 5.10 Å². The van der Waals surface area contributed by atoms with Crippen molar-refractivity contribution in [1.29, 1.82) is 0 Å². The highest BCUT2D eigenvalue weighted by atomic mass is 16.5. The van der Waals surface area contributed by atoms with Gasteiger partial charge in [0, 0.05) is 20.3 Å². The molecule has 0 unspecified atom stereocenters. The molecule has 0 radical (unpaired) electrons. The van der Waals surface area contributed by atoms with Gasteiger partial charge < -0.3 is 19.9 Å². The van der Waals surface area contributed by atoms with E-state index in [2.05, 4.69) is 15.8 Å². The molecule has 1 aromatic carbocycles. The number of nitrogens with zero attached hydrogens (tertiary/aromatic N) is 1. The number of amides is 2. The lowest BCUT2D eigenvalue weighted by Crippen LogP contribution is -2.30. The molecule has 0 spiro atoms. The molecule has 1 rings (SSSR count). The Labute approximate surface area is 140 Å². The summed E-state index contributed by atoms with van der Waals surface area (Å²) in [5.41, 5.74) is 2.91. The van der Waals surface area contributed by atoms with Gasteiger partial charge in [-0.2, -0.15) is 5.10 Å². The van der Waals surface area contributed by atoms with E-state index in [4.69, 9.17) is 9.47 Å². The highest BCUT2D eigenvalue weighted by Crippen LogP contribution is 2.26. The average Bonchev–Trinajstić information content (AvgIpc) is 2.55. The first kappa shape index (κ1) is 19.4. The molecule has 24 heavy (non-hydrogen) atoms. The van der Waals surface area contributed by atoms with Gasteiger partial charge in [-0.1, -0.05) is 0 Å². The normalized spacial score (nSPS) is 10.6. The van der Waals surface area contributed by atoms with Crippen molar-refractivity contribution in [1.82, 2.24) is 10.7 Å². The van der Waals surface area contributed by atoms with E-state index in [-0.39, 0.29) is 18.1 Å². The Kier molecular flexibility index (Phi) is 8.91. The molecule has 0 fully saturated rings. The molecule has 0 aromatic heterocycles. The van der Waals surface area contributed by atoms with Gasteiger partial charge in [0.25, 0.3) is 0 Å². The van der Waals surface area contributed by atoms with Gasteiger partial charge in [0.1, 0.15) is 6.42 Å². The quantitative estimate of drug-likeness (QED) is 0.253. The summed E-state index contributed by atoms with van der Waals surface area (Å²) in [7, 11) is 1.58. The number of hydrazone groups is 1. The first-order valence-corrected chi connectivity index (χ1v) is 7.60. The molecule has 8 heteroatoms. The van der Waals surface area contributed by atoms with Gasteiger partial charge in [-0.3, -0.25) is 9.59 Å². The van der Waals surface area contributed by atoms with Crippen molar-refractivity contribution in [2.45, 2.75) is 19.8 Å². The van der Waals surface area contributed by atoms with Crippen LogP contribution in [-0.4, -0.2) is 50.0 Å². The molecule has 0 saturated carbocycles. The fourth-order valence-electron chi connectivity index (χ4n) is 1.75. The highest BCUT2D eigenvalue weighted by Gasteiger charge is 2.08. The molecule has 1 aromatic rings. The number of ether oxygens (including phenoxy) is 2. The van der Waals surface area contributed by atoms with Crippen LogP contribution in [-0.2, 0) is 14.3 Å². The molecule has 0 heterocycles. The minimum Gasteiger partial charge on any atom is -0.504 e. The SMILES string of the molecule is CCOc1cc(/C=N\NC(=O)CC(=O)NCCCOC)ccc1O. The number of phenolic OH excluding ortho intramolecular Hbond substituents is 1. The number of hydrogen-bond acceptors (Lipinski definition) is 6. The average molecular weight is 337 g/mol. The van der Waals surface area contributed by atoms with Gasteiger partial charge in [0.15, 0.2) is 11.5 Å². The summed E-state index contributed by atoms with van der Waals surface area (Å²) in [5, 5.41) is 16.0. The van der Waals surface area contributed by atoms with Crippen molar-refractivity contribution >= 4 is 18.0 Å². The third-order valence-corrected chi connectivity index (χ3v) is 2.86. The fraction of sp³-hybridized carbons (Fsp3) is 0.438. The maximum atomic E-state index is 11.6. The van der Waals surface area contributed by atoms with Gasteiger partial charge in [-0.05, 0) is 37.1 Å². The number of rotatable bonds is 10. The summed E-state index contributed by atoms with van der Waals surface area (Å²) < 4.78 is 10.1. The Morgan fingerprint density at radius 1 is 1.33 bits per heavy atom. The minimum absolute atomic E-state index is 0.0307. The van der Waals surface area contributed by atoms with E-state index < -0.39 is 5.91 Å². The van der Waals surface area contributed by atoms with Gasteiger partial charge in [-0.25, -0.2) is 5.43 Å². The molecule has 8 nitrogen and oxygen atoms in total. The summed E-state index contributed by atoms with van der Waals surface area (Å²) in [5.74, 6) is -0.521. The monoisotopic (exact) mass is 337 g/mol. The number of hydrogen-bond donors (Lipinski definition) is 3.